The number of amides is 1. The largest absolute Gasteiger partial charge is 0.444 e. The smallest absolute Gasteiger partial charge is 0.307 e. The molecule has 3 N–H and O–H groups in total. The van der Waals surface area contributed by atoms with Crippen LogP contribution in [0, 0.1) is 0 Å². The number of carbonyl (C=O) groups excluding carboxylic acids is 1. The lowest BCUT2D eigenvalue weighted by Gasteiger charge is -2.02. The number of nitrogens with one attached hydrogen (secondary N) is 1. The van der Waals surface area contributed by atoms with Gasteiger partial charge < -0.3 is 10.2 Å². The Morgan fingerprint density at radius 1 is 1.26 bits per heavy atom. The van der Waals surface area contributed by atoms with Crippen LogP contribution in [0.4, 0.5) is 5.69 Å². The Labute approximate surface area is 118 Å². The predicted octanol–water partition coefficient (Wildman–Crippen LogP) is 2.78. The summed E-state index contributed by atoms with van der Waals surface area (Å²) in [5.74, 6) is -0.207. The van der Waals surface area contributed by atoms with Gasteiger partial charge in [-0.2, -0.15) is 5.10 Å². The van der Waals surface area contributed by atoms with Gasteiger partial charge in [-0.05, 0) is 52.7 Å². The highest BCUT2D eigenvalue weighted by Gasteiger charge is 2.09. The minimum atomic E-state index is -0.402. The van der Waals surface area contributed by atoms with Crippen molar-refractivity contribution in [1.29, 1.82) is 0 Å². The van der Waals surface area contributed by atoms with Crippen LogP contribution >= 0.6 is 15.9 Å². The van der Waals surface area contributed by atoms with Crippen molar-refractivity contribution in [2.75, 3.05) is 5.73 Å². The molecule has 1 aromatic heterocycles. The highest BCUT2D eigenvalue weighted by Crippen LogP contribution is 2.13. The molecule has 0 fully saturated rings. The summed E-state index contributed by atoms with van der Waals surface area (Å²) in [6, 6.07) is 10.4. The van der Waals surface area contributed by atoms with Crippen molar-refractivity contribution in [1.82, 2.24) is 5.43 Å². The summed E-state index contributed by atoms with van der Waals surface area (Å²) in [4.78, 5) is 11.7. The van der Waals surface area contributed by atoms with E-state index in [1.54, 1.807) is 31.2 Å². The quantitative estimate of drug-likeness (QED) is 0.518. The van der Waals surface area contributed by atoms with Gasteiger partial charge in [-0.1, -0.05) is 12.1 Å². The number of hydrogen-bond donors (Lipinski definition) is 2. The Hall–Kier alpha value is -2.08. The second kappa shape index (κ2) is 5.71. The van der Waals surface area contributed by atoms with Crippen molar-refractivity contribution in [3.05, 3.63) is 52.4 Å². The van der Waals surface area contributed by atoms with Crippen molar-refractivity contribution < 1.29 is 9.21 Å². The number of furan rings is 1. The van der Waals surface area contributed by atoms with E-state index in [1.807, 2.05) is 12.1 Å². The van der Waals surface area contributed by atoms with Gasteiger partial charge in [-0.15, -0.1) is 0 Å². The number of nitrogens with two attached hydrogens (primary N) is 1. The van der Waals surface area contributed by atoms with E-state index in [4.69, 9.17) is 10.2 Å². The zero-order chi connectivity index (χ0) is 13.8. The number of hydrazone groups is 1. The van der Waals surface area contributed by atoms with Crippen LogP contribution < -0.4 is 11.2 Å². The molecule has 2 rings (SSSR count). The molecule has 6 heteroatoms. The normalized spacial score (nSPS) is 11.4. The molecule has 98 valence electrons. The molecule has 0 aliphatic heterocycles. The lowest BCUT2D eigenvalue weighted by Crippen LogP contribution is -2.18. The molecular formula is C13H12BrN3O2. The fourth-order valence-corrected chi connectivity index (χ4v) is 1.72. The lowest BCUT2D eigenvalue weighted by molar-refractivity contribution is 0.0926. The molecule has 19 heavy (non-hydrogen) atoms. The summed E-state index contributed by atoms with van der Waals surface area (Å²) in [7, 11) is 0. The van der Waals surface area contributed by atoms with Gasteiger partial charge >= 0.3 is 5.91 Å². The molecule has 0 saturated heterocycles. The molecule has 0 aliphatic carbocycles. The maximum atomic E-state index is 11.7. The van der Waals surface area contributed by atoms with Gasteiger partial charge in [-0.3, -0.25) is 4.79 Å². The minimum absolute atomic E-state index is 0.195. The predicted molar refractivity (Wildman–Crippen MR) is 76.9 cm³/mol. The van der Waals surface area contributed by atoms with E-state index in [0.717, 1.165) is 5.56 Å². The third kappa shape index (κ3) is 3.45. The van der Waals surface area contributed by atoms with Crippen LogP contribution in [0.5, 0.6) is 0 Å². The Morgan fingerprint density at radius 3 is 2.53 bits per heavy atom. The number of nitrogens with zero attached hydrogens (tertiary/aromatic N) is 1. The van der Waals surface area contributed by atoms with E-state index in [1.165, 1.54) is 0 Å². The lowest BCUT2D eigenvalue weighted by atomic mass is 10.1. The van der Waals surface area contributed by atoms with Crippen LogP contribution in [0.2, 0.25) is 0 Å². The zero-order valence-corrected chi connectivity index (χ0v) is 11.8. The third-order valence-corrected chi connectivity index (χ3v) is 2.88. The van der Waals surface area contributed by atoms with Crippen molar-refractivity contribution in [2.45, 2.75) is 6.92 Å². The Kier molecular flexibility index (Phi) is 4.01. The first kappa shape index (κ1) is 13.4. The van der Waals surface area contributed by atoms with Crippen LogP contribution in [-0.4, -0.2) is 11.6 Å². The van der Waals surface area contributed by atoms with Crippen LogP contribution in [0.3, 0.4) is 0 Å². The standard InChI is InChI=1S/C13H12BrN3O2/c1-8(9-2-4-10(15)5-3-9)16-17-13(18)11-6-7-12(14)19-11/h2-7H,15H2,1H3,(H,17,18). The van der Waals surface area contributed by atoms with Gasteiger partial charge in [0.1, 0.15) is 0 Å². The average molecular weight is 322 g/mol. The van der Waals surface area contributed by atoms with Crippen LogP contribution in [0.25, 0.3) is 0 Å². The number of hydrogen-bond acceptors (Lipinski definition) is 4. The van der Waals surface area contributed by atoms with Gasteiger partial charge in [0.05, 0.1) is 5.71 Å². The molecule has 0 bridgehead atoms. The minimum Gasteiger partial charge on any atom is -0.444 e. The molecule has 5 nitrogen and oxygen atoms in total. The zero-order valence-electron chi connectivity index (χ0n) is 10.2. The molecule has 0 atom stereocenters. The monoisotopic (exact) mass is 321 g/mol. The number of anilines is 1. The summed E-state index contributed by atoms with van der Waals surface area (Å²) in [6.45, 7) is 1.80. The van der Waals surface area contributed by atoms with E-state index < -0.39 is 5.91 Å². The molecule has 0 aliphatic rings. The molecule has 0 saturated carbocycles. The van der Waals surface area contributed by atoms with Gasteiger partial charge in [0.15, 0.2) is 10.4 Å². The van der Waals surface area contributed by atoms with Crippen molar-refractivity contribution in [3.8, 4) is 0 Å². The first-order valence-electron chi connectivity index (χ1n) is 5.52. The van der Waals surface area contributed by atoms with E-state index >= 15 is 0 Å². The molecule has 0 unspecified atom stereocenters. The Bertz CT molecular complexity index is 617. The summed E-state index contributed by atoms with van der Waals surface area (Å²) in [5.41, 5.74) is 10.3. The van der Waals surface area contributed by atoms with Gasteiger partial charge in [0.25, 0.3) is 0 Å². The number of rotatable bonds is 3. The maximum Gasteiger partial charge on any atom is 0.307 e. The first-order valence-corrected chi connectivity index (χ1v) is 6.31. The topological polar surface area (TPSA) is 80.6 Å². The fourth-order valence-electron chi connectivity index (χ4n) is 1.41. The Balaban J connectivity index is 2.06. The van der Waals surface area contributed by atoms with E-state index in [9.17, 15) is 4.79 Å². The second-order valence-corrected chi connectivity index (χ2v) is 4.65. The fraction of sp³-hybridized carbons (Fsp3) is 0.0769. The van der Waals surface area contributed by atoms with E-state index in [-0.39, 0.29) is 5.76 Å². The number of nitrogen functional groups attached to an aromatic ring is 1. The first-order chi connectivity index (χ1) is 9.06. The average Bonchev–Trinajstić information content (AvgIpc) is 2.83. The summed E-state index contributed by atoms with van der Waals surface area (Å²) >= 11 is 3.13. The summed E-state index contributed by atoms with van der Waals surface area (Å²) in [6.07, 6.45) is 0. The second-order valence-electron chi connectivity index (χ2n) is 3.86. The van der Waals surface area contributed by atoms with Crippen molar-refractivity contribution in [2.24, 2.45) is 5.10 Å². The molecule has 0 spiro atoms. The number of carbonyl (C=O) groups is 1. The van der Waals surface area contributed by atoms with Crippen molar-refractivity contribution in [3.63, 3.8) is 0 Å². The van der Waals surface area contributed by atoms with Gasteiger partial charge in [-0.25, -0.2) is 5.43 Å². The SMILES string of the molecule is CC(=NNC(=O)c1ccc(Br)o1)c1ccc(N)cc1. The molecule has 1 amide bonds. The Morgan fingerprint density at radius 2 is 1.95 bits per heavy atom. The maximum absolute atomic E-state index is 11.7. The van der Waals surface area contributed by atoms with E-state index in [2.05, 4.69) is 26.5 Å². The molecule has 2 aromatic rings. The van der Waals surface area contributed by atoms with E-state index in [0.29, 0.717) is 16.1 Å². The molecular weight excluding hydrogens is 310 g/mol. The third-order valence-electron chi connectivity index (χ3n) is 2.45. The van der Waals surface area contributed by atoms with Crippen LogP contribution in [0.1, 0.15) is 23.0 Å². The van der Waals surface area contributed by atoms with Gasteiger partial charge in [0, 0.05) is 5.69 Å². The summed E-state index contributed by atoms with van der Waals surface area (Å²) < 4.78 is 5.61. The van der Waals surface area contributed by atoms with Gasteiger partial charge in [0.2, 0.25) is 0 Å². The molecule has 0 radical (unpaired) electrons. The number of benzene rings is 1. The highest BCUT2D eigenvalue weighted by molar-refractivity contribution is 9.10. The summed E-state index contributed by atoms with van der Waals surface area (Å²) in [5, 5.41) is 4.01. The van der Waals surface area contributed by atoms with Crippen LogP contribution in [0.15, 0.2) is 50.6 Å². The number of halogens is 1. The highest BCUT2D eigenvalue weighted by atomic mass is 79.9. The molecule has 1 heterocycles. The molecule has 1 aromatic carbocycles. The van der Waals surface area contributed by atoms with Crippen LogP contribution in [-0.2, 0) is 0 Å². The van der Waals surface area contributed by atoms with Crippen molar-refractivity contribution >= 4 is 33.2 Å².